The molecule has 8 bridgehead atoms. The predicted octanol–water partition coefficient (Wildman–Crippen LogP) is 7.43. The van der Waals surface area contributed by atoms with E-state index < -0.39 is 0 Å². The summed E-state index contributed by atoms with van der Waals surface area (Å²) in [5, 5.41) is 2.17. The molecule has 8 nitrogen and oxygen atoms in total. The fourth-order valence-corrected chi connectivity index (χ4v) is 6.32. The average molecular weight is 667 g/mol. The molecule has 5 heterocycles. The van der Waals surface area contributed by atoms with Gasteiger partial charge >= 0.3 is 0 Å². The number of hydrogen-bond acceptors (Lipinski definition) is 4. The topological polar surface area (TPSA) is 92.4 Å². The van der Waals surface area contributed by atoms with Crippen LogP contribution in [0.25, 0.3) is 68.6 Å². The van der Waals surface area contributed by atoms with Gasteiger partial charge in [-0.25, -0.2) is 9.97 Å². The average Bonchev–Trinajstić information content (AvgIpc) is 3.93. The van der Waals surface area contributed by atoms with Crippen molar-refractivity contribution in [2.24, 2.45) is 0 Å². The lowest BCUT2D eigenvalue weighted by molar-refractivity contribution is -0.870. The highest BCUT2D eigenvalue weighted by atomic mass is 16.5. The summed E-state index contributed by atoms with van der Waals surface area (Å²) in [7, 11) is 8.69. The molecule has 0 aliphatic carbocycles. The van der Waals surface area contributed by atoms with Gasteiger partial charge in [0.1, 0.15) is 11.5 Å². The highest BCUT2D eigenvalue weighted by molar-refractivity contribution is 5.93. The molecule has 50 heavy (non-hydrogen) atoms. The first kappa shape index (κ1) is 33.1. The maximum atomic E-state index is 6.08. The third kappa shape index (κ3) is 7.88. The molecule has 254 valence electrons. The summed E-state index contributed by atoms with van der Waals surface area (Å²) in [5.41, 5.74) is 11.7. The van der Waals surface area contributed by atoms with Crippen LogP contribution in [0.15, 0.2) is 84.9 Å². The Bertz CT molecular complexity index is 2190. The van der Waals surface area contributed by atoms with Crippen LogP contribution in [0.3, 0.4) is 0 Å². The molecular weight excluding hydrogens is 621 g/mol. The molecule has 0 saturated carbocycles. The summed E-state index contributed by atoms with van der Waals surface area (Å²) in [4.78, 5) is 17.5. The molecule has 8 heteroatoms. The van der Waals surface area contributed by atoms with Crippen LogP contribution in [0, 0.1) is 0 Å². The number of nitrogens with two attached hydrogens (primary N) is 1. The van der Waals surface area contributed by atoms with Gasteiger partial charge in [-0.2, -0.15) is 0 Å². The van der Waals surface area contributed by atoms with E-state index in [1.165, 1.54) is 0 Å². The molecule has 4 N–H and O–H groups in total. The Balaban J connectivity index is 1.28. The van der Waals surface area contributed by atoms with Crippen LogP contribution < -0.4 is 14.8 Å². The second kappa shape index (κ2) is 14.6. The fraction of sp³-hybridized carbons (Fsp3) is 0.238. The molecule has 0 saturated heterocycles. The van der Waals surface area contributed by atoms with Crippen molar-refractivity contribution in [3.63, 3.8) is 0 Å². The van der Waals surface area contributed by atoms with Gasteiger partial charge in [0.05, 0.1) is 77.3 Å². The van der Waals surface area contributed by atoms with Crippen LogP contribution in [0.5, 0.6) is 11.5 Å². The molecular formula is C42H46N6O2+2. The Hall–Kier alpha value is -5.44. The van der Waals surface area contributed by atoms with Crippen molar-refractivity contribution in [2.45, 2.75) is 12.8 Å². The molecule has 0 radical (unpaired) electrons. The van der Waals surface area contributed by atoms with Crippen molar-refractivity contribution in [1.29, 1.82) is 0 Å². The van der Waals surface area contributed by atoms with E-state index in [0.29, 0.717) is 13.2 Å². The van der Waals surface area contributed by atoms with Gasteiger partial charge in [-0.05, 0) is 96.1 Å². The van der Waals surface area contributed by atoms with E-state index in [0.717, 1.165) is 109 Å². The molecule has 0 spiro atoms. The number of quaternary nitrogens is 2. The summed E-state index contributed by atoms with van der Waals surface area (Å²) in [6.07, 6.45) is 10.3. The number of ether oxygens (including phenoxy) is 2. The van der Waals surface area contributed by atoms with E-state index in [9.17, 15) is 0 Å². The molecule has 7 rings (SSSR count). The van der Waals surface area contributed by atoms with Crippen molar-refractivity contribution >= 4 is 46.4 Å². The Morgan fingerprint density at radius 2 is 1.08 bits per heavy atom. The van der Waals surface area contributed by atoms with Crippen molar-refractivity contribution in [3.8, 4) is 33.8 Å². The summed E-state index contributed by atoms with van der Waals surface area (Å²) in [6, 6.07) is 29.3. The normalized spacial score (nSPS) is 12.4. The van der Waals surface area contributed by atoms with Crippen molar-refractivity contribution < 1.29 is 19.3 Å². The first-order valence-corrected chi connectivity index (χ1v) is 17.5. The lowest BCUT2D eigenvalue weighted by Crippen LogP contribution is -2.79. The van der Waals surface area contributed by atoms with Gasteiger partial charge in [-0.1, -0.05) is 24.3 Å². The molecule has 0 amide bonds. The largest absolute Gasteiger partial charge is 0.493 e. The number of aromatic nitrogens is 4. The number of hydrogen-bond donors (Lipinski definition) is 3. The van der Waals surface area contributed by atoms with Crippen molar-refractivity contribution in [1.82, 2.24) is 19.9 Å². The monoisotopic (exact) mass is 666 g/mol. The van der Waals surface area contributed by atoms with Crippen molar-refractivity contribution in [3.05, 3.63) is 108 Å². The number of aromatic amines is 2. The number of benzene rings is 2. The smallest absolute Gasteiger partial charge is 0.119 e. The Kier molecular flexibility index (Phi) is 9.65. The van der Waals surface area contributed by atoms with Gasteiger partial charge in [0, 0.05) is 46.0 Å². The number of H-pyrrole nitrogens is 2. The summed E-state index contributed by atoms with van der Waals surface area (Å²) in [5.74, 6) is 1.74. The van der Waals surface area contributed by atoms with Crippen LogP contribution >= 0.6 is 0 Å². The fourth-order valence-electron chi connectivity index (χ4n) is 6.32. The van der Waals surface area contributed by atoms with Crippen LogP contribution in [0.4, 0.5) is 0 Å². The predicted molar refractivity (Wildman–Crippen MR) is 206 cm³/mol. The van der Waals surface area contributed by atoms with Crippen LogP contribution in [-0.2, 0) is 0 Å². The first-order valence-electron chi connectivity index (χ1n) is 17.5. The van der Waals surface area contributed by atoms with Crippen LogP contribution in [0.1, 0.15) is 35.6 Å². The minimum atomic E-state index is 0.696. The zero-order valence-electron chi connectivity index (χ0n) is 29.4. The highest BCUT2D eigenvalue weighted by Crippen LogP contribution is 2.33. The number of fused-ring (bicyclic) bond motifs is 8. The van der Waals surface area contributed by atoms with Gasteiger partial charge in [-0.15, -0.1) is 0 Å². The number of rotatable bonds is 12. The summed E-state index contributed by atoms with van der Waals surface area (Å²) < 4.78 is 13.0. The van der Waals surface area contributed by atoms with Gasteiger partial charge in [0.25, 0.3) is 0 Å². The maximum Gasteiger partial charge on any atom is 0.119 e. The first-order chi connectivity index (χ1) is 24.3. The lowest BCUT2D eigenvalue weighted by atomic mass is 10.0. The van der Waals surface area contributed by atoms with E-state index in [2.05, 4.69) is 141 Å². The SMILES string of the molecule is C[NH2+]CCCOc1ccc(-c2c3nc(cc4ccc([nH]4)c(-c4ccc(OCCC[N+](C)(C)C)cc4)c4nc(cc5ccc2[nH]5)C=C4)C=C3)cc1. The molecule has 3 aromatic heterocycles. The zero-order valence-corrected chi connectivity index (χ0v) is 29.4. The van der Waals surface area contributed by atoms with E-state index >= 15 is 0 Å². The molecule has 0 unspecified atom stereocenters. The van der Waals surface area contributed by atoms with E-state index in [4.69, 9.17) is 19.4 Å². The van der Waals surface area contributed by atoms with E-state index in [-0.39, 0.29) is 0 Å². The molecule has 2 aliphatic rings. The van der Waals surface area contributed by atoms with Gasteiger partial charge in [0.2, 0.25) is 0 Å². The van der Waals surface area contributed by atoms with Crippen molar-refractivity contribution in [2.75, 3.05) is 54.5 Å². The molecule has 0 atom stereocenters. The molecule has 2 aromatic carbocycles. The summed E-state index contributed by atoms with van der Waals surface area (Å²) in [6.45, 7) is 3.52. The van der Waals surface area contributed by atoms with Crippen LogP contribution in [-0.4, -0.2) is 78.9 Å². The minimum absolute atomic E-state index is 0.696. The zero-order chi connectivity index (χ0) is 34.5. The van der Waals surface area contributed by atoms with Gasteiger partial charge < -0.3 is 29.2 Å². The van der Waals surface area contributed by atoms with Gasteiger partial charge in [0.15, 0.2) is 0 Å². The minimum Gasteiger partial charge on any atom is -0.493 e. The maximum absolute atomic E-state index is 6.08. The second-order valence-corrected chi connectivity index (χ2v) is 13.9. The lowest BCUT2D eigenvalue weighted by Gasteiger charge is -2.23. The Morgan fingerprint density at radius 3 is 1.54 bits per heavy atom. The van der Waals surface area contributed by atoms with E-state index in [1.54, 1.807) is 0 Å². The Morgan fingerprint density at radius 1 is 0.600 bits per heavy atom. The van der Waals surface area contributed by atoms with Gasteiger partial charge in [-0.3, -0.25) is 0 Å². The molecule has 5 aromatic rings. The standard InChI is InChI=1S/C42H45N6O2/c1-43-23-5-25-49-35-15-7-29(8-16-35)41-37-19-11-31(44-37)27-33-13-21-39(46-33)42(40-22-14-34(47-40)28-32-12-20-38(41)45-32)30-9-17-36(18-10-30)50-26-6-24-48(2,3)4/h7-22,27-28,43-44,47H,5-6,23-26H2,1-4H3/q+1/p+1. The number of nitrogens with one attached hydrogen (secondary N) is 2. The molecule has 0 fully saturated rings. The third-order valence-corrected chi connectivity index (χ3v) is 8.83. The van der Waals surface area contributed by atoms with Crippen LogP contribution in [0.2, 0.25) is 0 Å². The highest BCUT2D eigenvalue weighted by Gasteiger charge is 2.14. The third-order valence-electron chi connectivity index (χ3n) is 8.83. The summed E-state index contributed by atoms with van der Waals surface area (Å²) >= 11 is 0. The van der Waals surface area contributed by atoms with E-state index in [1.807, 2.05) is 12.1 Å². The quantitative estimate of drug-likeness (QED) is 0.0935. The second-order valence-electron chi connectivity index (χ2n) is 13.9. The molecule has 2 aliphatic heterocycles. The Labute approximate surface area is 293 Å². The number of nitrogens with zero attached hydrogens (tertiary/aromatic N) is 3.